The van der Waals surface area contributed by atoms with E-state index in [-0.39, 0.29) is 36.0 Å². The fraction of sp³-hybridized carbons (Fsp3) is 0.500. The number of aliphatic hydroxyl groups excluding tert-OH is 1. The molecule has 1 fully saturated rings. The van der Waals surface area contributed by atoms with E-state index in [0.29, 0.717) is 18.7 Å². The molecular formula is C10H14N6O3. The Labute approximate surface area is 107 Å². The molecule has 0 aromatic carbocycles. The molecule has 9 nitrogen and oxygen atoms in total. The van der Waals surface area contributed by atoms with Crippen LogP contribution in [0.1, 0.15) is 6.23 Å². The SMILES string of the molecule is Nc1nc2c(ncn2[C@H]2CNC[C@@H](CO)O2)c(=O)[nH]1. The zero-order chi connectivity index (χ0) is 13.4. The summed E-state index contributed by atoms with van der Waals surface area (Å²) in [5.74, 6) is 0.0294. The van der Waals surface area contributed by atoms with Crippen LogP contribution in [0.4, 0.5) is 5.95 Å². The van der Waals surface area contributed by atoms with Gasteiger partial charge in [0, 0.05) is 13.1 Å². The normalized spacial score (nSPS) is 23.8. The van der Waals surface area contributed by atoms with Crippen LogP contribution in [0.25, 0.3) is 11.2 Å². The molecule has 0 amide bonds. The second-order valence-corrected chi connectivity index (χ2v) is 4.33. The molecule has 2 atom stereocenters. The van der Waals surface area contributed by atoms with Crippen LogP contribution in [0.5, 0.6) is 0 Å². The highest BCUT2D eigenvalue weighted by Crippen LogP contribution is 2.18. The Kier molecular flexibility index (Phi) is 2.93. The molecule has 0 spiro atoms. The molecule has 5 N–H and O–H groups in total. The number of aromatic nitrogens is 4. The summed E-state index contributed by atoms with van der Waals surface area (Å²) in [6.07, 6.45) is 0.804. The quantitative estimate of drug-likeness (QED) is 0.503. The van der Waals surface area contributed by atoms with Crippen molar-refractivity contribution in [3.63, 3.8) is 0 Å². The molecule has 0 unspecified atom stereocenters. The van der Waals surface area contributed by atoms with Crippen molar-refractivity contribution in [2.24, 2.45) is 0 Å². The number of fused-ring (bicyclic) bond motifs is 1. The van der Waals surface area contributed by atoms with Gasteiger partial charge in [-0.1, -0.05) is 0 Å². The second kappa shape index (κ2) is 4.61. The van der Waals surface area contributed by atoms with Crippen molar-refractivity contribution < 1.29 is 9.84 Å². The number of nitrogens with zero attached hydrogens (tertiary/aromatic N) is 3. The van der Waals surface area contributed by atoms with Gasteiger partial charge >= 0.3 is 0 Å². The number of nitrogens with one attached hydrogen (secondary N) is 2. The third-order valence-electron chi connectivity index (χ3n) is 3.01. The van der Waals surface area contributed by atoms with Crippen LogP contribution < -0.4 is 16.6 Å². The standard InChI is InChI=1S/C10H14N6O3/c11-10-14-8-7(9(18)15-10)13-4-16(8)6-2-12-1-5(3-17)19-6/h4-6,12,17H,1-3H2,(H3,11,14,15,18)/t5-,6+/m0/s1. The van der Waals surface area contributed by atoms with E-state index < -0.39 is 0 Å². The maximum absolute atomic E-state index is 11.7. The van der Waals surface area contributed by atoms with E-state index in [1.807, 2.05) is 0 Å². The first-order chi connectivity index (χ1) is 9.19. The van der Waals surface area contributed by atoms with E-state index in [2.05, 4.69) is 20.3 Å². The van der Waals surface area contributed by atoms with Crippen molar-refractivity contribution in [1.29, 1.82) is 0 Å². The van der Waals surface area contributed by atoms with E-state index in [0.717, 1.165) is 0 Å². The van der Waals surface area contributed by atoms with Crippen LogP contribution in [0, 0.1) is 0 Å². The monoisotopic (exact) mass is 266 g/mol. The Morgan fingerprint density at radius 1 is 1.58 bits per heavy atom. The Balaban J connectivity index is 2.03. The van der Waals surface area contributed by atoms with E-state index in [1.54, 1.807) is 4.57 Å². The van der Waals surface area contributed by atoms with Gasteiger partial charge in [0.2, 0.25) is 5.95 Å². The van der Waals surface area contributed by atoms with Crippen LogP contribution in [0.2, 0.25) is 0 Å². The van der Waals surface area contributed by atoms with Gasteiger partial charge in [-0.05, 0) is 0 Å². The Hall–Kier alpha value is -1.97. The molecule has 19 heavy (non-hydrogen) atoms. The molecule has 3 heterocycles. The summed E-state index contributed by atoms with van der Waals surface area (Å²) in [7, 11) is 0. The van der Waals surface area contributed by atoms with Gasteiger partial charge in [0.25, 0.3) is 5.56 Å². The van der Waals surface area contributed by atoms with E-state index in [4.69, 9.17) is 15.6 Å². The number of aromatic amines is 1. The van der Waals surface area contributed by atoms with Gasteiger partial charge in [-0.2, -0.15) is 4.98 Å². The first-order valence-electron chi connectivity index (χ1n) is 5.88. The lowest BCUT2D eigenvalue weighted by Gasteiger charge is -2.30. The highest BCUT2D eigenvalue weighted by Gasteiger charge is 2.25. The minimum absolute atomic E-state index is 0.0294. The molecule has 3 rings (SSSR count). The number of aliphatic hydroxyl groups is 1. The van der Waals surface area contributed by atoms with E-state index >= 15 is 0 Å². The maximum atomic E-state index is 11.7. The first kappa shape index (κ1) is 12.1. The number of nitrogen functional groups attached to an aromatic ring is 1. The Morgan fingerprint density at radius 3 is 3.21 bits per heavy atom. The minimum atomic E-state index is -0.385. The van der Waals surface area contributed by atoms with Crippen LogP contribution in [-0.2, 0) is 4.74 Å². The van der Waals surface area contributed by atoms with Gasteiger partial charge in [0.05, 0.1) is 19.0 Å². The number of morpholine rings is 1. The molecule has 1 saturated heterocycles. The second-order valence-electron chi connectivity index (χ2n) is 4.33. The van der Waals surface area contributed by atoms with Crippen molar-refractivity contribution in [3.05, 3.63) is 16.7 Å². The van der Waals surface area contributed by atoms with Crippen LogP contribution >= 0.6 is 0 Å². The predicted molar refractivity (Wildman–Crippen MR) is 66.4 cm³/mol. The van der Waals surface area contributed by atoms with E-state index in [1.165, 1.54) is 6.33 Å². The number of rotatable bonds is 2. The smallest absolute Gasteiger partial charge is 0.280 e. The van der Waals surface area contributed by atoms with Crippen molar-refractivity contribution in [2.75, 3.05) is 25.4 Å². The molecule has 102 valence electrons. The number of nitrogens with two attached hydrogens (primary N) is 1. The number of anilines is 1. The lowest BCUT2D eigenvalue weighted by molar-refractivity contribution is -0.0933. The van der Waals surface area contributed by atoms with E-state index in [9.17, 15) is 4.79 Å². The summed E-state index contributed by atoms with van der Waals surface area (Å²) in [6, 6.07) is 0. The highest BCUT2D eigenvalue weighted by atomic mass is 16.5. The zero-order valence-corrected chi connectivity index (χ0v) is 10.0. The Bertz CT molecular complexity index is 650. The summed E-state index contributed by atoms with van der Waals surface area (Å²) < 4.78 is 7.32. The number of hydrogen-bond acceptors (Lipinski definition) is 7. The minimum Gasteiger partial charge on any atom is -0.394 e. The topological polar surface area (TPSA) is 131 Å². The molecule has 1 aliphatic rings. The molecule has 0 radical (unpaired) electrons. The summed E-state index contributed by atoms with van der Waals surface area (Å²) >= 11 is 0. The number of ether oxygens (including phenoxy) is 1. The molecular weight excluding hydrogens is 252 g/mol. The lowest BCUT2D eigenvalue weighted by Crippen LogP contribution is -2.44. The molecule has 0 aliphatic carbocycles. The molecule has 0 saturated carbocycles. The average Bonchev–Trinajstić information content (AvgIpc) is 2.82. The number of imidazole rings is 1. The maximum Gasteiger partial charge on any atom is 0.280 e. The lowest BCUT2D eigenvalue weighted by atomic mass is 10.3. The van der Waals surface area contributed by atoms with Crippen molar-refractivity contribution >= 4 is 17.1 Å². The van der Waals surface area contributed by atoms with Gasteiger partial charge in [0.15, 0.2) is 11.2 Å². The van der Waals surface area contributed by atoms with Crippen LogP contribution in [-0.4, -0.2) is 50.4 Å². The fourth-order valence-electron chi connectivity index (χ4n) is 2.11. The van der Waals surface area contributed by atoms with Gasteiger partial charge in [-0.15, -0.1) is 0 Å². The highest BCUT2D eigenvalue weighted by molar-refractivity contribution is 5.70. The Morgan fingerprint density at radius 2 is 2.42 bits per heavy atom. The molecule has 2 aromatic heterocycles. The summed E-state index contributed by atoms with van der Waals surface area (Å²) in [5.41, 5.74) is 5.73. The molecule has 1 aliphatic heterocycles. The zero-order valence-electron chi connectivity index (χ0n) is 10.0. The summed E-state index contributed by atoms with van der Waals surface area (Å²) in [5, 5.41) is 12.3. The largest absolute Gasteiger partial charge is 0.394 e. The number of H-pyrrole nitrogens is 1. The van der Waals surface area contributed by atoms with Crippen molar-refractivity contribution in [1.82, 2.24) is 24.8 Å². The predicted octanol–water partition coefficient (Wildman–Crippen LogP) is -1.82. The van der Waals surface area contributed by atoms with Gasteiger partial charge in [-0.25, -0.2) is 4.98 Å². The molecule has 0 bridgehead atoms. The first-order valence-corrected chi connectivity index (χ1v) is 5.88. The van der Waals surface area contributed by atoms with Gasteiger partial charge < -0.3 is 20.9 Å². The van der Waals surface area contributed by atoms with Crippen LogP contribution in [0.3, 0.4) is 0 Å². The number of hydrogen-bond donors (Lipinski definition) is 4. The molecule has 2 aromatic rings. The summed E-state index contributed by atoms with van der Waals surface area (Å²) in [4.78, 5) is 22.1. The van der Waals surface area contributed by atoms with Gasteiger partial charge in [0.1, 0.15) is 6.23 Å². The summed E-state index contributed by atoms with van der Waals surface area (Å²) in [6.45, 7) is 1.04. The third kappa shape index (κ3) is 2.07. The third-order valence-corrected chi connectivity index (χ3v) is 3.01. The fourth-order valence-corrected chi connectivity index (χ4v) is 2.11. The van der Waals surface area contributed by atoms with Gasteiger partial charge in [-0.3, -0.25) is 14.3 Å². The molecule has 9 heteroatoms. The average molecular weight is 266 g/mol. The van der Waals surface area contributed by atoms with Crippen molar-refractivity contribution in [3.8, 4) is 0 Å². The van der Waals surface area contributed by atoms with Crippen molar-refractivity contribution in [2.45, 2.75) is 12.3 Å². The van der Waals surface area contributed by atoms with Crippen LogP contribution in [0.15, 0.2) is 11.1 Å².